The third-order valence-corrected chi connectivity index (χ3v) is 4.73. The summed E-state index contributed by atoms with van der Waals surface area (Å²) in [4.78, 5) is 0. The van der Waals surface area contributed by atoms with E-state index in [4.69, 9.17) is 0 Å². The molecule has 3 rings (SSSR count). The molecule has 0 spiro atoms. The second-order valence-corrected chi connectivity index (χ2v) is 5.93. The van der Waals surface area contributed by atoms with Gasteiger partial charge in [-0.05, 0) is 0 Å². The molecule has 0 amide bonds. The van der Waals surface area contributed by atoms with Gasteiger partial charge in [-0.2, -0.15) is 0 Å². The molecular formula is C15H12OSe. The fourth-order valence-electron chi connectivity index (χ4n) is 2.19. The second kappa shape index (κ2) is 4.50. The fraction of sp³-hybridized carbons (Fsp3) is 0.0667. The molecule has 3 aromatic rings. The van der Waals surface area contributed by atoms with Crippen LogP contribution >= 0.6 is 0 Å². The zero-order valence-corrected chi connectivity index (χ0v) is 11.0. The number of rotatable bonds is 2. The summed E-state index contributed by atoms with van der Waals surface area (Å²) in [5.41, 5.74) is 0.255. The monoisotopic (exact) mass is 288 g/mol. The normalized spacial score (nSPS) is 11.1. The Balaban J connectivity index is 2.47. The zero-order valence-electron chi connectivity index (χ0n) is 9.26. The van der Waals surface area contributed by atoms with E-state index in [9.17, 15) is 5.11 Å². The Kier molecular flexibility index (Phi) is 2.86. The first-order valence-electron chi connectivity index (χ1n) is 5.54. The molecule has 0 heterocycles. The Morgan fingerprint density at radius 1 is 0.824 bits per heavy atom. The molecule has 1 nitrogen and oxygen atoms in total. The topological polar surface area (TPSA) is 20.2 Å². The number of hydrogen-bond acceptors (Lipinski definition) is 1. The van der Waals surface area contributed by atoms with Crippen molar-refractivity contribution >= 4 is 41.0 Å². The van der Waals surface area contributed by atoms with Crippen molar-refractivity contribution in [2.45, 2.75) is 0 Å². The van der Waals surface area contributed by atoms with Gasteiger partial charge in [0.2, 0.25) is 0 Å². The molecule has 0 atom stereocenters. The van der Waals surface area contributed by atoms with Crippen LogP contribution in [-0.2, 0) is 0 Å². The molecule has 0 aliphatic carbocycles. The minimum atomic E-state index is 0.125. The molecule has 0 fully saturated rings. The van der Waals surface area contributed by atoms with Crippen LogP contribution in [0.4, 0.5) is 0 Å². The van der Waals surface area contributed by atoms with E-state index in [-0.39, 0.29) is 20.5 Å². The first-order chi connectivity index (χ1) is 8.40. The molecule has 0 aliphatic rings. The van der Waals surface area contributed by atoms with Crippen LogP contribution in [0.1, 0.15) is 0 Å². The van der Waals surface area contributed by atoms with Crippen LogP contribution in [0, 0.1) is 0 Å². The molecule has 0 saturated carbocycles. The standard InChI is InChI=1S/C15H12OSe/c16-10-17-15-13-7-3-1-5-11(13)9-12-6-2-4-8-14(12)15/h1-9,16H,10H2. The van der Waals surface area contributed by atoms with Crippen LogP contribution < -0.4 is 4.46 Å². The number of aliphatic hydroxyl groups excluding tert-OH is 1. The summed E-state index contributed by atoms with van der Waals surface area (Å²) in [7, 11) is 0. The quantitative estimate of drug-likeness (QED) is 0.566. The zero-order chi connectivity index (χ0) is 11.7. The predicted molar refractivity (Wildman–Crippen MR) is 73.9 cm³/mol. The number of hydrogen-bond donors (Lipinski definition) is 1. The Morgan fingerprint density at radius 3 is 1.88 bits per heavy atom. The van der Waals surface area contributed by atoms with Crippen LogP contribution in [0.3, 0.4) is 0 Å². The van der Waals surface area contributed by atoms with Gasteiger partial charge in [0.05, 0.1) is 0 Å². The van der Waals surface area contributed by atoms with Gasteiger partial charge in [-0.3, -0.25) is 0 Å². The molecule has 3 aromatic carbocycles. The Morgan fingerprint density at radius 2 is 1.35 bits per heavy atom. The van der Waals surface area contributed by atoms with E-state index in [1.165, 1.54) is 26.0 Å². The van der Waals surface area contributed by atoms with Gasteiger partial charge in [0.25, 0.3) is 0 Å². The summed E-state index contributed by atoms with van der Waals surface area (Å²) in [6.45, 7) is 0. The number of aliphatic hydroxyl groups is 1. The molecule has 0 aliphatic heterocycles. The van der Waals surface area contributed by atoms with Gasteiger partial charge in [-0.15, -0.1) is 0 Å². The summed E-state index contributed by atoms with van der Waals surface area (Å²) in [6, 6.07) is 19.0. The van der Waals surface area contributed by atoms with Crippen molar-refractivity contribution in [2.24, 2.45) is 0 Å². The SMILES string of the molecule is OC[Se]c1c2ccccc2cc2ccccc12. The molecule has 84 valence electrons. The van der Waals surface area contributed by atoms with Gasteiger partial charge in [-0.1, -0.05) is 0 Å². The van der Waals surface area contributed by atoms with Gasteiger partial charge in [0, 0.05) is 0 Å². The first-order valence-corrected chi connectivity index (χ1v) is 7.61. The summed E-state index contributed by atoms with van der Waals surface area (Å²) in [5.74, 6) is 0. The maximum absolute atomic E-state index is 9.27. The van der Waals surface area contributed by atoms with Gasteiger partial charge in [0.1, 0.15) is 0 Å². The van der Waals surface area contributed by atoms with E-state index in [1.54, 1.807) is 0 Å². The number of fused-ring (bicyclic) bond motifs is 2. The molecule has 0 saturated heterocycles. The van der Waals surface area contributed by atoms with Crippen molar-refractivity contribution in [3.8, 4) is 0 Å². The third-order valence-electron chi connectivity index (χ3n) is 2.93. The molecule has 0 unspecified atom stereocenters. The van der Waals surface area contributed by atoms with Gasteiger partial charge >= 0.3 is 106 Å². The van der Waals surface area contributed by atoms with Crippen LogP contribution in [-0.4, -0.2) is 25.6 Å². The molecule has 0 bridgehead atoms. The average molecular weight is 287 g/mol. The molecule has 2 heteroatoms. The van der Waals surface area contributed by atoms with Crippen LogP contribution in [0.2, 0.25) is 0 Å². The van der Waals surface area contributed by atoms with E-state index in [0.29, 0.717) is 0 Å². The summed E-state index contributed by atoms with van der Waals surface area (Å²) >= 11 is 0.125. The van der Waals surface area contributed by atoms with Crippen molar-refractivity contribution in [1.29, 1.82) is 0 Å². The van der Waals surface area contributed by atoms with Crippen LogP contribution in [0.25, 0.3) is 21.5 Å². The Hall–Kier alpha value is -1.34. The first kappa shape index (κ1) is 10.8. The predicted octanol–water partition coefficient (Wildman–Crippen LogP) is 2.27. The van der Waals surface area contributed by atoms with Crippen molar-refractivity contribution in [3.63, 3.8) is 0 Å². The average Bonchev–Trinajstić information content (AvgIpc) is 2.39. The maximum atomic E-state index is 9.27. The molecule has 0 radical (unpaired) electrons. The Bertz CT molecular complexity index is 622. The van der Waals surface area contributed by atoms with Crippen molar-refractivity contribution in [2.75, 3.05) is 5.51 Å². The van der Waals surface area contributed by atoms with Gasteiger partial charge < -0.3 is 0 Å². The number of benzene rings is 3. The Labute approximate surface area is 106 Å². The van der Waals surface area contributed by atoms with Crippen LogP contribution in [0.15, 0.2) is 54.6 Å². The summed E-state index contributed by atoms with van der Waals surface area (Å²) < 4.78 is 1.31. The van der Waals surface area contributed by atoms with E-state index >= 15 is 0 Å². The van der Waals surface area contributed by atoms with E-state index < -0.39 is 0 Å². The second-order valence-electron chi connectivity index (χ2n) is 3.92. The molecular weight excluding hydrogens is 275 g/mol. The van der Waals surface area contributed by atoms with E-state index in [2.05, 4.69) is 54.6 Å². The fourth-order valence-corrected chi connectivity index (χ4v) is 3.90. The van der Waals surface area contributed by atoms with Crippen molar-refractivity contribution in [3.05, 3.63) is 54.6 Å². The van der Waals surface area contributed by atoms with Crippen molar-refractivity contribution < 1.29 is 5.11 Å². The minimum absolute atomic E-state index is 0.125. The van der Waals surface area contributed by atoms with Gasteiger partial charge in [-0.25, -0.2) is 0 Å². The third kappa shape index (κ3) is 1.85. The molecule has 17 heavy (non-hydrogen) atoms. The summed E-state index contributed by atoms with van der Waals surface area (Å²) in [6.07, 6.45) is 0. The van der Waals surface area contributed by atoms with Crippen molar-refractivity contribution in [1.82, 2.24) is 0 Å². The molecule has 0 aromatic heterocycles. The van der Waals surface area contributed by atoms with E-state index in [1.807, 2.05) is 0 Å². The van der Waals surface area contributed by atoms with E-state index in [0.717, 1.165) is 0 Å². The summed E-state index contributed by atoms with van der Waals surface area (Å²) in [5, 5.41) is 14.3. The molecule has 1 N–H and O–H groups in total. The van der Waals surface area contributed by atoms with Crippen LogP contribution in [0.5, 0.6) is 0 Å². The van der Waals surface area contributed by atoms with Gasteiger partial charge in [0.15, 0.2) is 0 Å².